The van der Waals surface area contributed by atoms with Gasteiger partial charge in [-0.3, -0.25) is 4.79 Å². The number of anilines is 1. The Hall–Kier alpha value is -1.13. The van der Waals surface area contributed by atoms with Crippen LogP contribution in [0.4, 0.5) is 5.13 Å². The van der Waals surface area contributed by atoms with Gasteiger partial charge in [0.2, 0.25) is 0 Å². The van der Waals surface area contributed by atoms with Gasteiger partial charge in [-0.05, 0) is 0 Å². The molecule has 0 N–H and O–H groups in total. The number of hydrogen-bond donors (Lipinski definition) is 0. The zero-order valence-electron chi connectivity index (χ0n) is 8.15. The molecule has 0 bridgehead atoms. The van der Waals surface area contributed by atoms with Crippen LogP contribution in [-0.4, -0.2) is 24.4 Å². The number of carbonyl (C=O) groups excluding carboxylic acids is 1. The zero-order valence-corrected chi connectivity index (χ0v) is 9.72. The number of thiazole rings is 1. The van der Waals surface area contributed by atoms with Gasteiger partial charge in [0, 0.05) is 13.1 Å². The average molecular weight is 243 g/mol. The molecule has 0 aromatic carbocycles. The number of aldehydes is 1. The first kappa shape index (κ1) is 11.9. The second-order valence-electron chi connectivity index (χ2n) is 2.75. The van der Waals surface area contributed by atoms with E-state index in [0.717, 1.165) is 0 Å². The molecular formula is C10H11ClN2OS. The van der Waals surface area contributed by atoms with Crippen LogP contribution in [-0.2, 0) is 0 Å². The highest BCUT2D eigenvalue weighted by molar-refractivity contribution is 7.17. The summed E-state index contributed by atoms with van der Waals surface area (Å²) in [5, 5.41) is 0.963. The van der Waals surface area contributed by atoms with Gasteiger partial charge in [0.1, 0.15) is 4.88 Å². The lowest BCUT2D eigenvalue weighted by atomic mass is 10.5. The van der Waals surface area contributed by atoms with Crippen LogP contribution in [0.15, 0.2) is 25.3 Å². The molecule has 0 amide bonds. The van der Waals surface area contributed by atoms with Gasteiger partial charge in [0.05, 0.1) is 0 Å². The highest BCUT2D eigenvalue weighted by atomic mass is 35.5. The molecule has 1 heterocycles. The van der Waals surface area contributed by atoms with Gasteiger partial charge in [-0.1, -0.05) is 35.1 Å². The minimum absolute atomic E-state index is 0.253. The lowest BCUT2D eigenvalue weighted by Crippen LogP contribution is -2.22. The third-order valence-corrected chi connectivity index (χ3v) is 3.12. The van der Waals surface area contributed by atoms with Crippen LogP contribution in [0.2, 0.25) is 5.15 Å². The van der Waals surface area contributed by atoms with Crippen molar-refractivity contribution < 1.29 is 4.79 Å². The predicted octanol–water partition coefficient (Wildman–Crippen LogP) is 2.79. The Morgan fingerprint density at radius 1 is 1.40 bits per heavy atom. The van der Waals surface area contributed by atoms with Crippen LogP contribution >= 0.6 is 22.9 Å². The first-order chi connectivity index (χ1) is 7.22. The maximum Gasteiger partial charge on any atom is 0.188 e. The van der Waals surface area contributed by atoms with Crippen molar-refractivity contribution in [3.05, 3.63) is 35.3 Å². The summed E-state index contributed by atoms with van der Waals surface area (Å²) in [5.41, 5.74) is 0. The summed E-state index contributed by atoms with van der Waals surface area (Å²) in [6, 6.07) is 0. The van der Waals surface area contributed by atoms with Gasteiger partial charge in [0.15, 0.2) is 16.6 Å². The number of carbonyl (C=O) groups is 1. The lowest BCUT2D eigenvalue weighted by Gasteiger charge is -2.17. The maximum atomic E-state index is 10.6. The lowest BCUT2D eigenvalue weighted by molar-refractivity contribution is 0.112. The van der Waals surface area contributed by atoms with Gasteiger partial charge < -0.3 is 4.90 Å². The third-order valence-electron chi connectivity index (χ3n) is 1.67. The molecule has 1 rings (SSSR count). The summed E-state index contributed by atoms with van der Waals surface area (Å²) in [7, 11) is 0. The molecule has 15 heavy (non-hydrogen) atoms. The molecule has 0 unspecified atom stereocenters. The molecule has 0 spiro atoms. The van der Waals surface area contributed by atoms with Crippen molar-refractivity contribution in [1.29, 1.82) is 0 Å². The number of halogens is 1. The topological polar surface area (TPSA) is 33.2 Å². The summed E-state index contributed by atoms with van der Waals surface area (Å²) in [4.78, 5) is 17.1. The quantitative estimate of drug-likeness (QED) is 0.568. The second kappa shape index (κ2) is 5.68. The summed E-state index contributed by atoms with van der Waals surface area (Å²) in [6.07, 6.45) is 4.24. The van der Waals surface area contributed by atoms with Crippen molar-refractivity contribution in [3.8, 4) is 0 Å². The summed E-state index contributed by atoms with van der Waals surface area (Å²) in [5.74, 6) is 0. The fraction of sp³-hybridized carbons (Fsp3) is 0.200. The first-order valence-corrected chi connectivity index (χ1v) is 5.50. The van der Waals surface area contributed by atoms with Crippen LogP contribution in [0.1, 0.15) is 9.67 Å². The molecule has 5 heteroatoms. The van der Waals surface area contributed by atoms with E-state index < -0.39 is 0 Å². The molecule has 80 valence electrons. The summed E-state index contributed by atoms with van der Waals surface area (Å²) >= 11 is 7.05. The number of aromatic nitrogens is 1. The number of hydrogen-bond acceptors (Lipinski definition) is 4. The third kappa shape index (κ3) is 2.91. The molecular weight excluding hydrogens is 232 g/mol. The Morgan fingerprint density at radius 3 is 2.40 bits per heavy atom. The Labute approximate surface area is 97.7 Å². The van der Waals surface area contributed by atoms with Crippen molar-refractivity contribution in [2.45, 2.75) is 0 Å². The van der Waals surface area contributed by atoms with Gasteiger partial charge in [0.25, 0.3) is 0 Å². The van der Waals surface area contributed by atoms with E-state index in [4.69, 9.17) is 11.6 Å². The minimum atomic E-state index is 0.253. The molecule has 0 aliphatic rings. The number of rotatable bonds is 6. The van der Waals surface area contributed by atoms with E-state index in [9.17, 15) is 4.79 Å². The largest absolute Gasteiger partial charge is 0.341 e. The van der Waals surface area contributed by atoms with E-state index in [-0.39, 0.29) is 5.15 Å². The van der Waals surface area contributed by atoms with Crippen molar-refractivity contribution in [1.82, 2.24) is 4.98 Å². The van der Waals surface area contributed by atoms with Gasteiger partial charge in [-0.25, -0.2) is 4.98 Å². The zero-order chi connectivity index (χ0) is 11.3. The second-order valence-corrected chi connectivity index (χ2v) is 4.12. The van der Waals surface area contributed by atoms with E-state index in [1.165, 1.54) is 11.3 Å². The number of nitrogens with zero attached hydrogens (tertiary/aromatic N) is 2. The summed E-state index contributed by atoms with van der Waals surface area (Å²) < 4.78 is 0. The van der Waals surface area contributed by atoms with Gasteiger partial charge in [-0.15, -0.1) is 13.2 Å². The van der Waals surface area contributed by atoms with E-state index in [1.807, 2.05) is 4.90 Å². The van der Waals surface area contributed by atoms with Crippen LogP contribution in [0.5, 0.6) is 0 Å². The molecule has 0 aliphatic heterocycles. The van der Waals surface area contributed by atoms with Gasteiger partial charge >= 0.3 is 0 Å². The van der Waals surface area contributed by atoms with E-state index in [1.54, 1.807) is 12.2 Å². The highest BCUT2D eigenvalue weighted by Crippen LogP contribution is 2.28. The average Bonchev–Trinajstić information content (AvgIpc) is 2.59. The van der Waals surface area contributed by atoms with Crippen molar-refractivity contribution in [2.75, 3.05) is 18.0 Å². The Morgan fingerprint density at radius 2 is 2.00 bits per heavy atom. The normalized spacial score (nSPS) is 9.67. The molecule has 1 aromatic rings. The molecule has 3 nitrogen and oxygen atoms in total. The first-order valence-electron chi connectivity index (χ1n) is 4.31. The molecule has 0 radical (unpaired) electrons. The smallest absolute Gasteiger partial charge is 0.188 e. The molecule has 0 saturated heterocycles. The molecule has 0 fully saturated rings. The Bertz CT molecular complexity index is 365. The van der Waals surface area contributed by atoms with Crippen LogP contribution < -0.4 is 4.90 Å². The molecule has 0 aliphatic carbocycles. The monoisotopic (exact) mass is 242 g/mol. The van der Waals surface area contributed by atoms with E-state index in [0.29, 0.717) is 29.4 Å². The van der Waals surface area contributed by atoms with Crippen LogP contribution in [0.3, 0.4) is 0 Å². The van der Waals surface area contributed by atoms with Crippen molar-refractivity contribution in [2.24, 2.45) is 0 Å². The Balaban J connectivity index is 2.94. The SMILES string of the molecule is C=CCN(CC=C)c1nc(Cl)c(C=O)s1. The predicted molar refractivity (Wildman–Crippen MR) is 65.1 cm³/mol. The molecule has 0 saturated carbocycles. The Kier molecular flexibility index (Phi) is 4.52. The van der Waals surface area contributed by atoms with E-state index in [2.05, 4.69) is 18.1 Å². The van der Waals surface area contributed by atoms with Crippen molar-refractivity contribution >= 4 is 34.4 Å². The molecule has 0 atom stereocenters. The standard InChI is InChI=1S/C10H11ClN2OS/c1-3-5-13(6-4-2)10-12-9(11)8(7-14)15-10/h3-4,7H,1-2,5-6H2. The minimum Gasteiger partial charge on any atom is -0.341 e. The maximum absolute atomic E-state index is 10.6. The van der Waals surface area contributed by atoms with E-state index >= 15 is 0 Å². The van der Waals surface area contributed by atoms with Crippen molar-refractivity contribution in [3.63, 3.8) is 0 Å². The fourth-order valence-corrected chi connectivity index (χ4v) is 2.13. The van der Waals surface area contributed by atoms with Crippen LogP contribution in [0, 0.1) is 0 Å². The highest BCUT2D eigenvalue weighted by Gasteiger charge is 2.12. The molecule has 1 aromatic heterocycles. The fourth-order valence-electron chi connectivity index (χ4n) is 1.05. The van der Waals surface area contributed by atoms with Gasteiger partial charge in [-0.2, -0.15) is 0 Å². The van der Waals surface area contributed by atoms with Crippen LogP contribution in [0.25, 0.3) is 0 Å². The summed E-state index contributed by atoms with van der Waals surface area (Å²) in [6.45, 7) is 8.61.